The Morgan fingerprint density at radius 2 is 1.60 bits per heavy atom. The predicted octanol–water partition coefficient (Wildman–Crippen LogP) is 10.9. The highest BCUT2D eigenvalue weighted by atomic mass is 32.1. The maximum atomic E-state index is 6.53. The molecule has 0 atom stereocenters. The van der Waals surface area contributed by atoms with E-state index in [-0.39, 0.29) is 5.41 Å². The lowest BCUT2D eigenvalue weighted by Crippen LogP contribution is -2.10. The quantitative estimate of drug-likeness (QED) is 0.207. The van der Waals surface area contributed by atoms with Crippen LogP contribution in [0.3, 0.4) is 0 Å². The Kier molecular flexibility index (Phi) is 5.69. The second kappa shape index (κ2) is 9.41. The topological polar surface area (TPSA) is 53.1 Å². The Bertz CT molecular complexity index is 2350. The molecule has 5 aromatic heterocycles. The molecule has 0 saturated heterocycles. The van der Waals surface area contributed by atoms with E-state index in [1.807, 2.05) is 24.5 Å². The number of pyridine rings is 2. The number of hydrogen-bond acceptors (Lipinski definition) is 5. The molecule has 0 aliphatic heterocycles. The first-order valence-electron chi connectivity index (χ1n) is 14.7. The van der Waals surface area contributed by atoms with Crippen molar-refractivity contribution < 1.29 is 9.15 Å². The molecule has 0 aliphatic rings. The molecular weight excluding hydrogens is 550 g/mol. The third-order valence-corrected chi connectivity index (χ3v) is 9.38. The number of furan rings is 1. The second-order valence-electron chi connectivity index (χ2n) is 12.6. The Balaban J connectivity index is 1.24. The Labute approximate surface area is 253 Å². The summed E-state index contributed by atoms with van der Waals surface area (Å²) >= 11 is 1.65. The molecule has 8 rings (SSSR count). The van der Waals surface area contributed by atoms with Gasteiger partial charge in [-0.1, -0.05) is 64.2 Å². The third-order valence-electron chi connectivity index (χ3n) is 8.33. The number of aromatic nitrogens is 3. The van der Waals surface area contributed by atoms with Gasteiger partial charge in [-0.3, -0.25) is 9.55 Å². The van der Waals surface area contributed by atoms with Crippen LogP contribution in [0.1, 0.15) is 51.7 Å². The number of nitrogens with zero attached hydrogens (tertiary/aromatic N) is 3. The summed E-state index contributed by atoms with van der Waals surface area (Å²) in [6, 6.07) is 27.5. The standard InChI is InChI=1S/C37H31N3O2S/c1-21(2)22-14-15-38-33(16-22)40-29-9-7-6-8-26(29)27-12-10-25(19-30(27)40)41-24-11-13-32-28(18-24)34-35-31(42-36(34)43-32)17-23(20-39-35)37(3,4)5/h6-21H,1-5H3. The number of benzene rings is 3. The fourth-order valence-electron chi connectivity index (χ4n) is 5.95. The average molecular weight is 582 g/mol. The van der Waals surface area contributed by atoms with E-state index in [1.54, 1.807) is 11.3 Å². The van der Waals surface area contributed by atoms with Crippen LogP contribution in [0.2, 0.25) is 0 Å². The number of thiophene rings is 1. The van der Waals surface area contributed by atoms with Gasteiger partial charge in [-0.2, -0.15) is 0 Å². The maximum absolute atomic E-state index is 6.53. The number of ether oxygens (including phenoxy) is 1. The zero-order valence-corrected chi connectivity index (χ0v) is 25.6. The van der Waals surface area contributed by atoms with Gasteiger partial charge in [-0.05, 0) is 77.1 Å². The molecule has 5 nitrogen and oxygen atoms in total. The number of fused-ring (bicyclic) bond motifs is 8. The van der Waals surface area contributed by atoms with Crippen LogP contribution in [0.4, 0.5) is 0 Å². The Morgan fingerprint density at radius 3 is 2.44 bits per heavy atom. The van der Waals surface area contributed by atoms with Crippen molar-refractivity contribution >= 4 is 64.6 Å². The number of rotatable bonds is 4. The van der Waals surface area contributed by atoms with Crippen molar-refractivity contribution in [2.24, 2.45) is 0 Å². The fourth-order valence-corrected chi connectivity index (χ4v) is 6.99. The molecule has 0 fully saturated rings. The molecule has 0 saturated carbocycles. The smallest absolute Gasteiger partial charge is 0.191 e. The van der Waals surface area contributed by atoms with Crippen molar-refractivity contribution in [2.45, 2.75) is 46.0 Å². The lowest BCUT2D eigenvalue weighted by molar-refractivity contribution is 0.484. The number of para-hydroxylation sites is 1. The zero-order valence-electron chi connectivity index (χ0n) is 24.8. The number of hydrogen-bond donors (Lipinski definition) is 0. The van der Waals surface area contributed by atoms with Crippen molar-refractivity contribution in [3.63, 3.8) is 0 Å². The van der Waals surface area contributed by atoms with Gasteiger partial charge in [-0.25, -0.2) is 4.98 Å². The third kappa shape index (κ3) is 4.20. The zero-order chi connectivity index (χ0) is 29.5. The van der Waals surface area contributed by atoms with E-state index in [9.17, 15) is 0 Å². The van der Waals surface area contributed by atoms with Crippen molar-refractivity contribution in [1.29, 1.82) is 0 Å². The summed E-state index contributed by atoms with van der Waals surface area (Å²) in [4.78, 5) is 10.5. The Hall–Kier alpha value is -4.68. The van der Waals surface area contributed by atoms with Crippen LogP contribution >= 0.6 is 11.3 Å². The molecule has 0 spiro atoms. The molecule has 8 aromatic rings. The Morgan fingerprint density at radius 1 is 0.814 bits per heavy atom. The van der Waals surface area contributed by atoms with E-state index in [4.69, 9.17) is 19.1 Å². The normalized spacial score (nSPS) is 12.5. The van der Waals surface area contributed by atoms with Crippen molar-refractivity contribution in [2.75, 3.05) is 0 Å². The SMILES string of the molecule is CC(C)c1ccnc(-n2c3ccccc3c3ccc(Oc4ccc5sc6oc7cc(C(C)(C)C)cnc7c6c5c4)cc32)c1. The van der Waals surface area contributed by atoms with E-state index >= 15 is 0 Å². The second-order valence-corrected chi connectivity index (χ2v) is 13.6. The van der Waals surface area contributed by atoms with E-state index in [0.717, 1.165) is 65.4 Å². The molecule has 0 unspecified atom stereocenters. The minimum atomic E-state index is 0.00454. The highest BCUT2D eigenvalue weighted by Crippen LogP contribution is 2.43. The van der Waals surface area contributed by atoms with Gasteiger partial charge in [0, 0.05) is 39.3 Å². The molecule has 5 heterocycles. The summed E-state index contributed by atoms with van der Waals surface area (Å²) < 4.78 is 16.2. The first-order chi connectivity index (χ1) is 20.7. The van der Waals surface area contributed by atoms with E-state index in [0.29, 0.717) is 5.92 Å². The molecule has 0 amide bonds. The highest BCUT2D eigenvalue weighted by Gasteiger charge is 2.20. The van der Waals surface area contributed by atoms with E-state index in [2.05, 4.69) is 106 Å². The molecule has 0 N–H and O–H groups in total. The molecule has 0 aliphatic carbocycles. The molecular formula is C37H31N3O2S. The summed E-state index contributed by atoms with van der Waals surface area (Å²) in [5, 5.41) is 4.50. The summed E-state index contributed by atoms with van der Waals surface area (Å²) in [7, 11) is 0. The minimum absolute atomic E-state index is 0.00454. The summed E-state index contributed by atoms with van der Waals surface area (Å²) in [6.45, 7) is 11.0. The van der Waals surface area contributed by atoms with Gasteiger partial charge < -0.3 is 9.15 Å². The monoisotopic (exact) mass is 581 g/mol. The van der Waals surface area contributed by atoms with Gasteiger partial charge in [0.15, 0.2) is 10.5 Å². The van der Waals surface area contributed by atoms with Crippen LogP contribution in [0.25, 0.3) is 59.1 Å². The summed E-state index contributed by atoms with van der Waals surface area (Å²) in [6.07, 6.45) is 3.88. The first kappa shape index (κ1) is 26.0. The van der Waals surface area contributed by atoms with Gasteiger partial charge in [0.25, 0.3) is 0 Å². The molecule has 212 valence electrons. The largest absolute Gasteiger partial charge is 0.457 e. The van der Waals surface area contributed by atoms with Crippen LogP contribution in [0.15, 0.2) is 95.7 Å². The van der Waals surface area contributed by atoms with Crippen LogP contribution in [-0.4, -0.2) is 14.5 Å². The van der Waals surface area contributed by atoms with Crippen LogP contribution in [0, 0.1) is 0 Å². The van der Waals surface area contributed by atoms with Gasteiger partial charge in [0.05, 0.1) is 16.4 Å². The minimum Gasteiger partial charge on any atom is -0.457 e. The molecule has 0 bridgehead atoms. The lowest BCUT2D eigenvalue weighted by atomic mass is 9.88. The molecule has 3 aromatic carbocycles. The highest BCUT2D eigenvalue weighted by molar-refractivity contribution is 7.25. The van der Waals surface area contributed by atoms with E-state index in [1.165, 1.54) is 16.3 Å². The lowest BCUT2D eigenvalue weighted by Gasteiger charge is -2.17. The van der Waals surface area contributed by atoms with Gasteiger partial charge in [0.1, 0.15) is 22.8 Å². The summed E-state index contributed by atoms with van der Waals surface area (Å²) in [5.74, 6) is 2.86. The van der Waals surface area contributed by atoms with Crippen LogP contribution in [-0.2, 0) is 5.41 Å². The summed E-state index contributed by atoms with van der Waals surface area (Å²) in [5.41, 5.74) is 6.34. The van der Waals surface area contributed by atoms with Crippen LogP contribution < -0.4 is 4.74 Å². The van der Waals surface area contributed by atoms with Crippen molar-refractivity contribution in [3.8, 4) is 17.3 Å². The van der Waals surface area contributed by atoms with Gasteiger partial charge in [-0.15, -0.1) is 0 Å². The van der Waals surface area contributed by atoms with Crippen LogP contribution in [0.5, 0.6) is 11.5 Å². The van der Waals surface area contributed by atoms with Crippen molar-refractivity contribution in [3.05, 3.63) is 102 Å². The molecule has 6 heteroatoms. The predicted molar refractivity (Wildman–Crippen MR) is 178 cm³/mol. The maximum Gasteiger partial charge on any atom is 0.191 e. The average Bonchev–Trinajstić information content (AvgIpc) is 3.63. The first-order valence-corrected chi connectivity index (χ1v) is 15.5. The molecule has 0 radical (unpaired) electrons. The molecule has 43 heavy (non-hydrogen) atoms. The van der Waals surface area contributed by atoms with Crippen molar-refractivity contribution in [1.82, 2.24) is 14.5 Å². The van der Waals surface area contributed by atoms with Gasteiger partial charge in [0.2, 0.25) is 0 Å². The fraction of sp³-hybridized carbons (Fsp3) is 0.189. The van der Waals surface area contributed by atoms with E-state index < -0.39 is 0 Å². The van der Waals surface area contributed by atoms with Gasteiger partial charge >= 0.3 is 0 Å².